The van der Waals surface area contributed by atoms with Gasteiger partial charge >= 0.3 is 0 Å². The van der Waals surface area contributed by atoms with Crippen LogP contribution in [-0.2, 0) is 6.42 Å². The molecule has 0 bridgehead atoms. The highest BCUT2D eigenvalue weighted by atomic mass is 35.5. The quantitative estimate of drug-likeness (QED) is 0.819. The van der Waals surface area contributed by atoms with E-state index in [0.717, 1.165) is 24.7 Å². The predicted octanol–water partition coefficient (Wildman–Crippen LogP) is 3.56. The summed E-state index contributed by atoms with van der Waals surface area (Å²) in [6, 6.07) is 7.03. The van der Waals surface area contributed by atoms with E-state index < -0.39 is 0 Å². The van der Waals surface area contributed by atoms with E-state index in [2.05, 4.69) is 22.8 Å². The van der Waals surface area contributed by atoms with Crippen LogP contribution >= 0.6 is 36.4 Å². The number of aryl methyl sites for hydroxylation is 1. The first-order chi connectivity index (χ1) is 8.84. The largest absolute Gasteiger partial charge is 0.315 e. The molecule has 1 heterocycles. The molecule has 2 unspecified atom stereocenters. The Morgan fingerprint density at radius 3 is 2.80 bits per heavy atom. The molecule has 0 saturated carbocycles. The monoisotopic (exact) mass is 336 g/mol. The predicted molar refractivity (Wildman–Crippen MR) is 90.9 cm³/mol. The Morgan fingerprint density at radius 2 is 1.95 bits per heavy atom. The van der Waals surface area contributed by atoms with E-state index in [9.17, 15) is 0 Å². The SMILES string of the molecule is Cl.Cl.Clc1ccc2c(c1)CCCC2C1CNCCCN1. The maximum atomic E-state index is 6.11. The Morgan fingerprint density at radius 1 is 1.10 bits per heavy atom. The Balaban J connectivity index is 0.000001000. The zero-order valence-electron chi connectivity index (χ0n) is 11.5. The molecule has 1 fully saturated rings. The molecule has 0 radical (unpaired) electrons. The van der Waals surface area contributed by atoms with Gasteiger partial charge in [0.05, 0.1) is 0 Å². The molecule has 20 heavy (non-hydrogen) atoms. The molecule has 114 valence electrons. The fraction of sp³-hybridized carbons (Fsp3) is 0.600. The Hall–Kier alpha value is 0.01000. The van der Waals surface area contributed by atoms with Gasteiger partial charge in [0, 0.05) is 23.5 Å². The minimum Gasteiger partial charge on any atom is -0.315 e. The molecule has 2 N–H and O–H groups in total. The van der Waals surface area contributed by atoms with Crippen molar-refractivity contribution in [2.75, 3.05) is 19.6 Å². The van der Waals surface area contributed by atoms with Crippen molar-refractivity contribution in [3.63, 3.8) is 0 Å². The molecule has 1 aromatic rings. The molecule has 1 aliphatic carbocycles. The molecule has 2 aliphatic rings. The van der Waals surface area contributed by atoms with Crippen LogP contribution in [0.5, 0.6) is 0 Å². The van der Waals surface area contributed by atoms with Gasteiger partial charge in [0.15, 0.2) is 0 Å². The highest BCUT2D eigenvalue weighted by molar-refractivity contribution is 6.30. The van der Waals surface area contributed by atoms with Gasteiger partial charge in [-0.2, -0.15) is 0 Å². The van der Waals surface area contributed by atoms with Gasteiger partial charge in [-0.15, -0.1) is 24.8 Å². The van der Waals surface area contributed by atoms with Crippen LogP contribution in [0.4, 0.5) is 0 Å². The van der Waals surface area contributed by atoms with Gasteiger partial charge in [0.1, 0.15) is 0 Å². The summed E-state index contributed by atoms with van der Waals surface area (Å²) < 4.78 is 0. The summed E-state index contributed by atoms with van der Waals surface area (Å²) in [5, 5.41) is 8.14. The molecule has 0 spiro atoms. The van der Waals surface area contributed by atoms with Crippen LogP contribution in [0.3, 0.4) is 0 Å². The second-order valence-corrected chi connectivity index (χ2v) is 5.90. The van der Waals surface area contributed by atoms with Crippen molar-refractivity contribution in [3.05, 3.63) is 34.3 Å². The lowest BCUT2D eigenvalue weighted by molar-refractivity contribution is 0.399. The topological polar surface area (TPSA) is 24.1 Å². The lowest BCUT2D eigenvalue weighted by atomic mass is 9.78. The summed E-state index contributed by atoms with van der Waals surface area (Å²) in [7, 11) is 0. The van der Waals surface area contributed by atoms with Gasteiger partial charge in [-0.05, 0) is 62.0 Å². The van der Waals surface area contributed by atoms with E-state index in [0.29, 0.717) is 12.0 Å². The van der Waals surface area contributed by atoms with Crippen molar-refractivity contribution < 1.29 is 0 Å². The van der Waals surface area contributed by atoms with Gasteiger partial charge in [0.2, 0.25) is 0 Å². The summed E-state index contributed by atoms with van der Waals surface area (Å²) >= 11 is 6.11. The minimum absolute atomic E-state index is 0. The molecule has 1 aliphatic heterocycles. The maximum Gasteiger partial charge on any atom is 0.0408 e. The van der Waals surface area contributed by atoms with E-state index in [-0.39, 0.29) is 24.8 Å². The van der Waals surface area contributed by atoms with E-state index >= 15 is 0 Å². The normalized spacial score (nSPS) is 25.6. The summed E-state index contributed by atoms with van der Waals surface area (Å²) in [6.07, 6.45) is 5.01. The number of fused-ring (bicyclic) bond motifs is 1. The molecule has 1 aromatic carbocycles. The fourth-order valence-corrected chi connectivity index (χ4v) is 3.55. The van der Waals surface area contributed by atoms with Crippen molar-refractivity contribution in [1.82, 2.24) is 10.6 Å². The van der Waals surface area contributed by atoms with E-state index in [4.69, 9.17) is 11.6 Å². The van der Waals surface area contributed by atoms with Crippen LogP contribution in [-0.4, -0.2) is 25.7 Å². The van der Waals surface area contributed by atoms with Crippen LogP contribution in [0.25, 0.3) is 0 Å². The van der Waals surface area contributed by atoms with Crippen LogP contribution in [0.15, 0.2) is 18.2 Å². The fourth-order valence-electron chi connectivity index (χ4n) is 3.35. The third kappa shape index (κ3) is 4.02. The number of nitrogens with one attached hydrogen (secondary N) is 2. The van der Waals surface area contributed by atoms with Crippen molar-refractivity contribution >= 4 is 36.4 Å². The third-order valence-electron chi connectivity index (χ3n) is 4.25. The van der Waals surface area contributed by atoms with Crippen LogP contribution in [0.1, 0.15) is 36.3 Å². The van der Waals surface area contributed by atoms with E-state index in [1.807, 2.05) is 6.07 Å². The molecule has 2 nitrogen and oxygen atoms in total. The number of benzene rings is 1. The smallest absolute Gasteiger partial charge is 0.0408 e. The number of halogens is 3. The molecule has 1 saturated heterocycles. The van der Waals surface area contributed by atoms with Crippen LogP contribution in [0.2, 0.25) is 5.02 Å². The average Bonchev–Trinajstić information content (AvgIpc) is 2.66. The minimum atomic E-state index is 0. The first kappa shape index (κ1) is 18.1. The molecule has 5 heteroatoms. The highest BCUT2D eigenvalue weighted by Crippen LogP contribution is 2.35. The number of hydrogen-bond acceptors (Lipinski definition) is 2. The second-order valence-electron chi connectivity index (χ2n) is 5.46. The molecular formula is C15H23Cl3N2. The lowest BCUT2D eigenvalue weighted by Crippen LogP contribution is -2.41. The van der Waals surface area contributed by atoms with Gasteiger partial charge < -0.3 is 10.6 Å². The van der Waals surface area contributed by atoms with Crippen molar-refractivity contribution in [2.24, 2.45) is 0 Å². The van der Waals surface area contributed by atoms with Gasteiger partial charge in [0.25, 0.3) is 0 Å². The highest BCUT2D eigenvalue weighted by Gasteiger charge is 2.28. The first-order valence-electron chi connectivity index (χ1n) is 7.07. The average molecular weight is 338 g/mol. The van der Waals surface area contributed by atoms with Gasteiger partial charge in [-0.25, -0.2) is 0 Å². The van der Waals surface area contributed by atoms with Crippen molar-refractivity contribution in [1.29, 1.82) is 0 Å². The number of rotatable bonds is 1. The lowest BCUT2D eigenvalue weighted by Gasteiger charge is -2.32. The van der Waals surface area contributed by atoms with E-state index in [1.54, 1.807) is 0 Å². The van der Waals surface area contributed by atoms with Gasteiger partial charge in [-0.3, -0.25) is 0 Å². The molecular weight excluding hydrogens is 315 g/mol. The number of hydrogen-bond donors (Lipinski definition) is 2. The summed E-state index contributed by atoms with van der Waals surface area (Å²) in [5.74, 6) is 0.650. The Bertz CT molecular complexity index is 418. The van der Waals surface area contributed by atoms with E-state index in [1.165, 1.54) is 36.8 Å². The van der Waals surface area contributed by atoms with Crippen LogP contribution in [0, 0.1) is 0 Å². The molecule has 0 amide bonds. The Kier molecular flexibility index (Phi) is 7.63. The summed E-state index contributed by atoms with van der Waals surface area (Å²) in [6.45, 7) is 3.37. The second kappa shape index (κ2) is 8.45. The van der Waals surface area contributed by atoms with Crippen molar-refractivity contribution in [3.8, 4) is 0 Å². The maximum absolute atomic E-state index is 6.11. The summed E-state index contributed by atoms with van der Waals surface area (Å²) in [4.78, 5) is 0. The zero-order chi connectivity index (χ0) is 12.4. The molecule has 0 aromatic heterocycles. The van der Waals surface area contributed by atoms with Crippen LogP contribution < -0.4 is 10.6 Å². The zero-order valence-corrected chi connectivity index (χ0v) is 13.9. The Labute approximate surface area is 138 Å². The summed E-state index contributed by atoms with van der Waals surface area (Å²) in [5.41, 5.74) is 2.98. The van der Waals surface area contributed by atoms with Crippen molar-refractivity contribution in [2.45, 2.75) is 37.6 Å². The third-order valence-corrected chi connectivity index (χ3v) is 4.49. The standard InChI is InChI=1S/C15H21ClN2.2ClH/c16-12-5-6-13-11(9-12)3-1-4-14(13)15-10-17-7-2-8-18-15;;/h5-6,9,14-15,17-18H,1-4,7-8,10H2;2*1H. The molecule has 2 atom stereocenters. The first-order valence-corrected chi connectivity index (χ1v) is 7.45. The molecule has 3 rings (SSSR count). The van der Waals surface area contributed by atoms with Gasteiger partial charge in [-0.1, -0.05) is 17.7 Å².